The summed E-state index contributed by atoms with van der Waals surface area (Å²) in [7, 11) is -1.28. The van der Waals surface area contributed by atoms with Crippen LogP contribution >= 0.6 is 11.6 Å². The van der Waals surface area contributed by atoms with Crippen molar-refractivity contribution in [3.8, 4) is 0 Å². The number of anilines is 1. The first-order valence-electron chi connectivity index (χ1n) is 10.2. The number of fused-ring (bicyclic) bond motifs is 1. The third-order valence-electron chi connectivity index (χ3n) is 5.29. The van der Waals surface area contributed by atoms with E-state index >= 15 is 0 Å². The molecule has 0 atom stereocenters. The van der Waals surface area contributed by atoms with Crippen molar-refractivity contribution in [2.75, 3.05) is 11.9 Å². The Morgan fingerprint density at radius 2 is 1.93 bits per heavy atom. The molecule has 2 heterocycles. The van der Waals surface area contributed by atoms with Crippen LogP contribution in [0.15, 0.2) is 12.3 Å². The molecule has 0 bridgehead atoms. The normalized spacial score (nSPS) is 16.5. The van der Waals surface area contributed by atoms with Crippen molar-refractivity contribution in [1.82, 2.24) is 9.55 Å². The fourth-order valence-electron chi connectivity index (χ4n) is 3.69. The number of nitrogens with one attached hydrogen (secondary N) is 1. The van der Waals surface area contributed by atoms with Crippen molar-refractivity contribution < 1.29 is 17.9 Å². The average molecular weight is 448 g/mol. The minimum atomic E-state index is -4.49. The summed E-state index contributed by atoms with van der Waals surface area (Å²) in [5, 5.41) is 3.55. The molecule has 1 saturated carbocycles. The Labute approximate surface area is 175 Å². The van der Waals surface area contributed by atoms with Crippen LogP contribution in [0, 0.1) is 0 Å². The first-order valence-corrected chi connectivity index (χ1v) is 14.2. The van der Waals surface area contributed by atoms with Crippen molar-refractivity contribution in [3.05, 3.63) is 23.0 Å². The van der Waals surface area contributed by atoms with Gasteiger partial charge in [-0.05, 0) is 25.0 Å². The molecule has 1 fully saturated rings. The third kappa shape index (κ3) is 5.89. The van der Waals surface area contributed by atoms with E-state index in [1.165, 1.54) is 17.1 Å². The second kappa shape index (κ2) is 8.86. The number of nitrogens with zero attached hydrogens (tertiary/aromatic N) is 2. The fourth-order valence-corrected chi connectivity index (χ4v) is 4.64. The van der Waals surface area contributed by atoms with Crippen LogP contribution in [0.1, 0.15) is 37.7 Å². The summed E-state index contributed by atoms with van der Waals surface area (Å²) >= 11 is 6.18. The number of aromatic nitrogens is 2. The Bertz CT molecular complexity index is 842. The molecule has 0 aliphatic heterocycles. The van der Waals surface area contributed by atoms with Gasteiger partial charge in [0.05, 0.1) is 10.9 Å². The molecule has 1 aliphatic rings. The SMILES string of the molecule is C[Si](C)(C)CCOCn1cc(C(F)(F)F)c2c(NC3CCCCC3)cc(Cl)nc21. The second-order valence-electron chi connectivity index (χ2n) is 9.03. The van der Waals surface area contributed by atoms with Crippen molar-refractivity contribution in [3.63, 3.8) is 0 Å². The van der Waals surface area contributed by atoms with Crippen LogP contribution in [0.25, 0.3) is 11.0 Å². The van der Waals surface area contributed by atoms with E-state index in [9.17, 15) is 13.2 Å². The molecule has 29 heavy (non-hydrogen) atoms. The fraction of sp³-hybridized carbons (Fsp3) is 0.650. The van der Waals surface area contributed by atoms with Gasteiger partial charge in [0.15, 0.2) is 0 Å². The minimum absolute atomic E-state index is 0.0211. The van der Waals surface area contributed by atoms with E-state index in [0.717, 1.165) is 37.9 Å². The molecule has 1 aliphatic carbocycles. The van der Waals surface area contributed by atoms with Crippen molar-refractivity contribution in [2.24, 2.45) is 0 Å². The molecule has 3 rings (SSSR count). The number of pyridine rings is 1. The predicted octanol–water partition coefficient (Wildman–Crippen LogP) is 6.77. The van der Waals surface area contributed by atoms with E-state index in [-0.39, 0.29) is 29.0 Å². The summed E-state index contributed by atoms with van der Waals surface area (Å²) in [6.45, 7) is 7.23. The van der Waals surface area contributed by atoms with Gasteiger partial charge in [0.25, 0.3) is 0 Å². The van der Waals surface area contributed by atoms with E-state index in [1.807, 2.05) is 0 Å². The van der Waals surface area contributed by atoms with Gasteiger partial charge in [-0.15, -0.1) is 0 Å². The molecule has 0 aromatic carbocycles. The monoisotopic (exact) mass is 447 g/mol. The molecule has 4 nitrogen and oxygen atoms in total. The van der Waals surface area contributed by atoms with E-state index in [1.54, 1.807) is 0 Å². The van der Waals surface area contributed by atoms with Crippen molar-refractivity contribution in [1.29, 1.82) is 0 Å². The average Bonchev–Trinajstić information content (AvgIpc) is 2.98. The van der Waals surface area contributed by atoms with Gasteiger partial charge in [-0.3, -0.25) is 0 Å². The predicted molar refractivity (Wildman–Crippen MR) is 114 cm³/mol. The van der Waals surface area contributed by atoms with Crippen LogP contribution in [0.5, 0.6) is 0 Å². The topological polar surface area (TPSA) is 39.1 Å². The van der Waals surface area contributed by atoms with Crippen LogP contribution in [-0.2, 0) is 17.6 Å². The summed E-state index contributed by atoms with van der Waals surface area (Å²) in [6.07, 6.45) is 1.83. The third-order valence-corrected chi connectivity index (χ3v) is 7.19. The molecule has 2 aromatic rings. The minimum Gasteiger partial charge on any atom is -0.382 e. The number of alkyl halides is 3. The molecule has 0 amide bonds. The quantitative estimate of drug-likeness (QED) is 0.289. The maximum absolute atomic E-state index is 13.8. The lowest BCUT2D eigenvalue weighted by atomic mass is 9.95. The van der Waals surface area contributed by atoms with E-state index < -0.39 is 19.8 Å². The van der Waals surface area contributed by atoms with Gasteiger partial charge in [-0.25, -0.2) is 4.98 Å². The first kappa shape index (κ1) is 22.4. The zero-order valence-electron chi connectivity index (χ0n) is 17.2. The lowest BCUT2D eigenvalue weighted by Gasteiger charge is -2.24. The lowest BCUT2D eigenvalue weighted by molar-refractivity contribution is -0.136. The molecular formula is C20H29ClF3N3OSi. The van der Waals surface area contributed by atoms with E-state index in [0.29, 0.717) is 12.3 Å². The molecule has 0 radical (unpaired) electrons. The summed E-state index contributed by atoms with van der Waals surface area (Å²) in [4.78, 5) is 4.21. The van der Waals surface area contributed by atoms with Gasteiger partial charge in [-0.1, -0.05) is 50.5 Å². The van der Waals surface area contributed by atoms with Crippen molar-refractivity contribution >= 4 is 36.4 Å². The Hall–Kier alpha value is -1.25. The molecule has 0 unspecified atom stereocenters. The van der Waals surface area contributed by atoms with Crippen LogP contribution < -0.4 is 5.32 Å². The Morgan fingerprint density at radius 3 is 2.55 bits per heavy atom. The highest BCUT2D eigenvalue weighted by Gasteiger charge is 2.36. The van der Waals surface area contributed by atoms with Gasteiger partial charge in [-0.2, -0.15) is 13.2 Å². The molecule has 0 spiro atoms. The highest BCUT2D eigenvalue weighted by atomic mass is 35.5. The Balaban J connectivity index is 1.93. The first-order chi connectivity index (χ1) is 13.5. The van der Waals surface area contributed by atoms with Gasteiger partial charge < -0.3 is 14.6 Å². The highest BCUT2D eigenvalue weighted by molar-refractivity contribution is 6.76. The molecular weight excluding hydrogens is 419 g/mol. The molecule has 9 heteroatoms. The van der Waals surface area contributed by atoms with Crippen LogP contribution in [0.2, 0.25) is 30.8 Å². The largest absolute Gasteiger partial charge is 0.418 e. The summed E-state index contributed by atoms with van der Waals surface area (Å²) in [6, 6.07) is 2.60. The molecule has 162 valence electrons. The standard InChI is InChI=1S/C20H29ClF3N3OSi/c1-29(2,3)10-9-28-13-27-12-15(20(22,23)24)18-16(11-17(21)26-19(18)27)25-14-7-5-4-6-8-14/h11-12,14H,4-10,13H2,1-3H3,(H,25,26). The summed E-state index contributed by atoms with van der Waals surface area (Å²) in [5.74, 6) is 0. The second-order valence-corrected chi connectivity index (χ2v) is 15.0. The number of ether oxygens (including phenoxy) is 1. The zero-order valence-corrected chi connectivity index (χ0v) is 19.0. The molecule has 0 saturated heterocycles. The van der Waals surface area contributed by atoms with Gasteiger partial charge in [0.2, 0.25) is 0 Å². The highest BCUT2D eigenvalue weighted by Crippen LogP contribution is 2.40. The van der Waals surface area contributed by atoms with Crippen LogP contribution in [0.4, 0.5) is 18.9 Å². The number of rotatable bonds is 7. The number of hydrogen-bond donors (Lipinski definition) is 1. The van der Waals surface area contributed by atoms with E-state index in [2.05, 4.69) is 29.9 Å². The molecule has 1 N–H and O–H groups in total. The smallest absolute Gasteiger partial charge is 0.382 e. The zero-order chi connectivity index (χ0) is 21.2. The Kier molecular flexibility index (Phi) is 6.85. The number of hydrogen-bond acceptors (Lipinski definition) is 3. The summed E-state index contributed by atoms with van der Waals surface area (Å²) < 4.78 is 48.5. The van der Waals surface area contributed by atoms with Gasteiger partial charge >= 0.3 is 6.18 Å². The van der Waals surface area contributed by atoms with Crippen molar-refractivity contribution in [2.45, 2.75) is 76.7 Å². The summed E-state index contributed by atoms with van der Waals surface area (Å²) in [5.41, 5.74) is -0.0972. The van der Waals surface area contributed by atoms with Crippen LogP contribution in [-0.4, -0.2) is 30.3 Å². The maximum Gasteiger partial charge on any atom is 0.418 e. The molecule has 2 aromatic heterocycles. The van der Waals surface area contributed by atoms with Crippen LogP contribution in [0.3, 0.4) is 0 Å². The van der Waals surface area contributed by atoms with Gasteiger partial charge in [0, 0.05) is 32.6 Å². The van der Waals surface area contributed by atoms with E-state index in [4.69, 9.17) is 16.3 Å². The van der Waals surface area contributed by atoms with Gasteiger partial charge in [0.1, 0.15) is 17.5 Å². The lowest BCUT2D eigenvalue weighted by Crippen LogP contribution is -2.22. The number of halogens is 4. The maximum atomic E-state index is 13.8. The Morgan fingerprint density at radius 1 is 1.24 bits per heavy atom.